The summed E-state index contributed by atoms with van der Waals surface area (Å²) in [5.74, 6) is 0.222. The van der Waals surface area contributed by atoms with Crippen LogP contribution < -0.4 is 5.73 Å². The molecular weight excluding hydrogens is 325 g/mol. The van der Waals surface area contributed by atoms with E-state index in [1.807, 2.05) is 12.1 Å². The van der Waals surface area contributed by atoms with Crippen molar-refractivity contribution in [2.24, 2.45) is 0 Å². The minimum absolute atomic E-state index is 0.337. The molecule has 0 fully saturated rings. The van der Waals surface area contributed by atoms with E-state index in [2.05, 4.69) is 31.5 Å². The number of halogens is 2. The lowest BCUT2D eigenvalue weighted by Gasteiger charge is -2.05. The van der Waals surface area contributed by atoms with Crippen LogP contribution in [0.3, 0.4) is 0 Å². The topological polar surface area (TPSA) is 69.6 Å². The van der Waals surface area contributed by atoms with Gasteiger partial charge in [-0.25, -0.2) is 4.39 Å². The monoisotopic (exact) mass is 333 g/mol. The molecular formula is C13H9BrFN5. The average molecular weight is 334 g/mol. The number of anilines is 1. The van der Waals surface area contributed by atoms with Gasteiger partial charge in [0, 0.05) is 11.3 Å². The number of nitrogens with two attached hydrogens (primary N) is 1. The van der Waals surface area contributed by atoms with Crippen LogP contribution in [0, 0.1) is 5.82 Å². The van der Waals surface area contributed by atoms with Crippen LogP contribution >= 0.6 is 15.9 Å². The van der Waals surface area contributed by atoms with Crippen molar-refractivity contribution < 1.29 is 4.39 Å². The number of hydrogen-bond donors (Lipinski definition) is 1. The van der Waals surface area contributed by atoms with E-state index in [0.29, 0.717) is 21.7 Å². The molecule has 0 saturated heterocycles. The molecule has 7 heteroatoms. The van der Waals surface area contributed by atoms with Gasteiger partial charge in [-0.2, -0.15) is 4.68 Å². The molecule has 1 heterocycles. The van der Waals surface area contributed by atoms with Crippen molar-refractivity contribution in [3.8, 4) is 17.1 Å². The Morgan fingerprint density at radius 3 is 2.55 bits per heavy atom. The first-order chi connectivity index (χ1) is 9.65. The number of tetrazole rings is 1. The van der Waals surface area contributed by atoms with Crippen molar-refractivity contribution in [1.29, 1.82) is 0 Å². The molecule has 0 aliphatic heterocycles. The number of nitrogen functional groups attached to an aromatic ring is 1. The van der Waals surface area contributed by atoms with Crippen LogP contribution in [-0.2, 0) is 0 Å². The molecule has 0 aliphatic rings. The van der Waals surface area contributed by atoms with Crippen LogP contribution in [0.25, 0.3) is 17.1 Å². The average Bonchev–Trinajstić information content (AvgIpc) is 2.92. The lowest BCUT2D eigenvalue weighted by Crippen LogP contribution is -2.00. The van der Waals surface area contributed by atoms with Gasteiger partial charge in [0.2, 0.25) is 0 Å². The standard InChI is InChI=1S/C13H9BrFN5/c14-11-7-10(5-6-12(11)15)20-13(17-18-19-20)8-1-3-9(16)4-2-8/h1-7H,16H2. The van der Waals surface area contributed by atoms with Crippen molar-refractivity contribution in [2.75, 3.05) is 5.73 Å². The van der Waals surface area contributed by atoms with Gasteiger partial charge >= 0.3 is 0 Å². The maximum absolute atomic E-state index is 13.3. The highest BCUT2D eigenvalue weighted by Crippen LogP contribution is 2.23. The van der Waals surface area contributed by atoms with Crippen molar-refractivity contribution >= 4 is 21.6 Å². The Morgan fingerprint density at radius 2 is 1.85 bits per heavy atom. The molecule has 2 aromatic carbocycles. The van der Waals surface area contributed by atoms with Crippen molar-refractivity contribution in [3.05, 3.63) is 52.8 Å². The van der Waals surface area contributed by atoms with Gasteiger partial charge in [0.25, 0.3) is 0 Å². The zero-order valence-corrected chi connectivity index (χ0v) is 11.7. The summed E-state index contributed by atoms with van der Waals surface area (Å²) in [5, 5.41) is 11.6. The molecule has 3 rings (SSSR count). The largest absolute Gasteiger partial charge is 0.399 e. The summed E-state index contributed by atoms with van der Waals surface area (Å²) in [6.07, 6.45) is 0. The summed E-state index contributed by atoms with van der Waals surface area (Å²) in [6, 6.07) is 11.8. The maximum Gasteiger partial charge on any atom is 0.187 e. The Kier molecular flexibility index (Phi) is 3.19. The maximum atomic E-state index is 13.3. The molecule has 0 unspecified atom stereocenters. The molecule has 0 atom stereocenters. The van der Waals surface area contributed by atoms with Crippen LogP contribution in [0.2, 0.25) is 0 Å². The third-order valence-electron chi connectivity index (χ3n) is 2.79. The van der Waals surface area contributed by atoms with Gasteiger partial charge in [0.15, 0.2) is 5.82 Å². The third kappa shape index (κ3) is 2.27. The molecule has 3 aromatic rings. The molecule has 0 radical (unpaired) electrons. The summed E-state index contributed by atoms with van der Waals surface area (Å²) in [4.78, 5) is 0. The van der Waals surface area contributed by atoms with Crippen LogP contribution in [0.1, 0.15) is 0 Å². The molecule has 100 valence electrons. The van der Waals surface area contributed by atoms with Crippen LogP contribution in [0.5, 0.6) is 0 Å². The predicted octanol–water partition coefficient (Wildman–Crippen LogP) is 2.81. The Bertz CT molecular complexity index is 754. The smallest absolute Gasteiger partial charge is 0.187 e. The number of aromatic nitrogens is 4. The Hall–Kier alpha value is -2.28. The highest BCUT2D eigenvalue weighted by atomic mass is 79.9. The quantitative estimate of drug-likeness (QED) is 0.732. The van der Waals surface area contributed by atoms with E-state index in [1.54, 1.807) is 24.3 Å². The Morgan fingerprint density at radius 1 is 1.10 bits per heavy atom. The Labute approximate surface area is 122 Å². The zero-order valence-electron chi connectivity index (χ0n) is 10.2. The van der Waals surface area contributed by atoms with E-state index in [-0.39, 0.29) is 5.82 Å². The van der Waals surface area contributed by atoms with Gasteiger partial charge in [-0.15, -0.1) is 5.10 Å². The fourth-order valence-corrected chi connectivity index (χ4v) is 2.16. The molecule has 2 N–H and O–H groups in total. The normalized spacial score (nSPS) is 10.7. The second kappa shape index (κ2) is 5.01. The summed E-state index contributed by atoms with van der Waals surface area (Å²) in [7, 11) is 0. The fourth-order valence-electron chi connectivity index (χ4n) is 1.79. The van der Waals surface area contributed by atoms with Gasteiger partial charge in [0.1, 0.15) is 5.82 Å². The minimum atomic E-state index is -0.337. The summed E-state index contributed by atoms with van der Waals surface area (Å²) >= 11 is 3.15. The van der Waals surface area contributed by atoms with Gasteiger partial charge < -0.3 is 5.73 Å². The fraction of sp³-hybridized carbons (Fsp3) is 0. The van der Waals surface area contributed by atoms with Crippen LogP contribution in [-0.4, -0.2) is 20.2 Å². The molecule has 0 saturated carbocycles. The molecule has 5 nitrogen and oxygen atoms in total. The number of nitrogens with zero attached hydrogens (tertiary/aromatic N) is 4. The van der Waals surface area contributed by atoms with Gasteiger partial charge in [0.05, 0.1) is 10.2 Å². The molecule has 0 amide bonds. The second-order valence-electron chi connectivity index (χ2n) is 4.13. The van der Waals surface area contributed by atoms with E-state index in [1.165, 1.54) is 10.7 Å². The first-order valence-electron chi connectivity index (χ1n) is 5.75. The SMILES string of the molecule is Nc1ccc(-c2nnnn2-c2ccc(F)c(Br)c2)cc1. The lowest BCUT2D eigenvalue weighted by atomic mass is 10.2. The highest BCUT2D eigenvalue weighted by Gasteiger charge is 2.11. The van der Waals surface area contributed by atoms with Crippen LogP contribution in [0.15, 0.2) is 46.9 Å². The highest BCUT2D eigenvalue weighted by molar-refractivity contribution is 9.10. The molecule has 20 heavy (non-hydrogen) atoms. The summed E-state index contributed by atoms with van der Waals surface area (Å²) in [6.45, 7) is 0. The van der Waals surface area contributed by atoms with Gasteiger partial charge in [-0.3, -0.25) is 0 Å². The summed E-state index contributed by atoms with van der Waals surface area (Å²) < 4.78 is 15.2. The van der Waals surface area contributed by atoms with E-state index >= 15 is 0 Å². The van der Waals surface area contributed by atoms with E-state index in [4.69, 9.17) is 5.73 Å². The summed E-state index contributed by atoms with van der Waals surface area (Å²) in [5.41, 5.74) is 7.81. The van der Waals surface area contributed by atoms with E-state index in [9.17, 15) is 4.39 Å². The van der Waals surface area contributed by atoms with Crippen molar-refractivity contribution in [2.45, 2.75) is 0 Å². The Balaban J connectivity index is 2.10. The van der Waals surface area contributed by atoms with Crippen molar-refractivity contribution in [1.82, 2.24) is 20.2 Å². The molecule has 1 aromatic heterocycles. The minimum Gasteiger partial charge on any atom is -0.399 e. The predicted molar refractivity (Wildman–Crippen MR) is 76.7 cm³/mol. The van der Waals surface area contributed by atoms with Gasteiger partial charge in [-0.1, -0.05) is 0 Å². The third-order valence-corrected chi connectivity index (χ3v) is 3.39. The van der Waals surface area contributed by atoms with Crippen LogP contribution in [0.4, 0.5) is 10.1 Å². The number of rotatable bonds is 2. The first kappa shape index (κ1) is 12.7. The number of hydrogen-bond acceptors (Lipinski definition) is 4. The lowest BCUT2D eigenvalue weighted by molar-refractivity contribution is 0.620. The molecule has 0 bridgehead atoms. The number of benzene rings is 2. The molecule has 0 spiro atoms. The molecule has 0 aliphatic carbocycles. The van der Waals surface area contributed by atoms with E-state index in [0.717, 1.165) is 5.56 Å². The second-order valence-corrected chi connectivity index (χ2v) is 4.99. The first-order valence-corrected chi connectivity index (χ1v) is 6.54. The van der Waals surface area contributed by atoms with Crippen molar-refractivity contribution in [3.63, 3.8) is 0 Å². The van der Waals surface area contributed by atoms with E-state index < -0.39 is 0 Å². The zero-order chi connectivity index (χ0) is 14.1. The van der Waals surface area contributed by atoms with Gasteiger partial charge in [-0.05, 0) is 68.8 Å².